The van der Waals surface area contributed by atoms with E-state index < -0.39 is 5.97 Å². The van der Waals surface area contributed by atoms with Crippen LogP contribution in [0.3, 0.4) is 0 Å². The first kappa shape index (κ1) is 14.0. The van der Waals surface area contributed by atoms with Gasteiger partial charge >= 0.3 is 5.97 Å². The van der Waals surface area contributed by atoms with E-state index in [2.05, 4.69) is 0 Å². The highest BCUT2D eigenvalue weighted by atomic mass is 16.5. The summed E-state index contributed by atoms with van der Waals surface area (Å²) in [5, 5.41) is 0. The number of carbonyl (C=O) groups is 2. The molecule has 0 atom stereocenters. The van der Waals surface area contributed by atoms with Crippen LogP contribution in [0.2, 0.25) is 0 Å². The summed E-state index contributed by atoms with van der Waals surface area (Å²) in [7, 11) is 0. The number of benzene rings is 2. The van der Waals surface area contributed by atoms with Gasteiger partial charge in [0.2, 0.25) is 5.78 Å². The fourth-order valence-corrected chi connectivity index (χ4v) is 2.00. The summed E-state index contributed by atoms with van der Waals surface area (Å²) in [5.74, 6) is -0.644. The Morgan fingerprint density at radius 1 is 1.05 bits per heavy atom. The Hall–Kier alpha value is -2.42. The Labute approximate surface area is 118 Å². The molecule has 0 saturated carbocycles. The first-order valence-electron chi connectivity index (χ1n) is 6.40. The zero-order valence-corrected chi connectivity index (χ0v) is 11.6. The van der Waals surface area contributed by atoms with Gasteiger partial charge in [-0.3, -0.25) is 9.59 Å². The molecule has 0 heterocycles. The van der Waals surface area contributed by atoms with Gasteiger partial charge in [-0.1, -0.05) is 48.0 Å². The zero-order chi connectivity index (χ0) is 14.5. The third kappa shape index (κ3) is 3.32. The molecule has 3 heteroatoms. The minimum atomic E-state index is -0.452. The number of ether oxygens (including phenoxy) is 1. The van der Waals surface area contributed by atoms with Crippen LogP contribution < -0.4 is 0 Å². The Kier molecular flexibility index (Phi) is 4.31. The summed E-state index contributed by atoms with van der Waals surface area (Å²) in [4.78, 5) is 23.0. The smallest absolute Gasteiger partial charge is 0.303 e. The van der Waals surface area contributed by atoms with Gasteiger partial charge in [-0.25, -0.2) is 0 Å². The van der Waals surface area contributed by atoms with Crippen LogP contribution in [0, 0.1) is 6.92 Å². The predicted octanol–water partition coefficient (Wildman–Crippen LogP) is 3.41. The monoisotopic (exact) mass is 268 g/mol. The Bertz CT molecular complexity index is 630. The largest absolute Gasteiger partial charge is 0.457 e. The van der Waals surface area contributed by atoms with E-state index in [1.54, 1.807) is 0 Å². The minimum absolute atomic E-state index is 0.192. The van der Waals surface area contributed by atoms with Crippen molar-refractivity contribution in [3.8, 4) is 11.1 Å². The quantitative estimate of drug-likeness (QED) is 0.630. The molecule has 2 aromatic carbocycles. The molecule has 0 bridgehead atoms. The van der Waals surface area contributed by atoms with E-state index in [4.69, 9.17) is 4.74 Å². The molecule has 0 unspecified atom stereocenters. The Morgan fingerprint density at radius 3 is 2.40 bits per heavy atom. The van der Waals surface area contributed by atoms with E-state index in [-0.39, 0.29) is 12.4 Å². The summed E-state index contributed by atoms with van der Waals surface area (Å²) in [6.07, 6.45) is 0. The number of ketones is 1. The maximum atomic E-state index is 12.2. The van der Waals surface area contributed by atoms with Gasteiger partial charge in [-0.05, 0) is 24.1 Å². The second-order valence-corrected chi connectivity index (χ2v) is 4.62. The molecule has 0 aliphatic carbocycles. The fourth-order valence-electron chi connectivity index (χ4n) is 2.00. The molecule has 0 aliphatic rings. The van der Waals surface area contributed by atoms with E-state index in [0.717, 1.165) is 16.7 Å². The lowest BCUT2D eigenvalue weighted by Gasteiger charge is -2.10. The van der Waals surface area contributed by atoms with Crippen LogP contribution in [0.25, 0.3) is 11.1 Å². The molecular weight excluding hydrogens is 252 g/mol. The molecule has 0 saturated heterocycles. The van der Waals surface area contributed by atoms with Gasteiger partial charge in [0.1, 0.15) is 0 Å². The molecular formula is C17H16O3. The van der Waals surface area contributed by atoms with Crippen LogP contribution in [0.5, 0.6) is 0 Å². The van der Waals surface area contributed by atoms with Gasteiger partial charge in [0.25, 0.3) is 0 Å². The van der Waals surface area contributed by atoms with E-state index in [9.17, 15) is 9.59 Å². The summed E-state index contributed by atoms with van der Waals surface area (Å²) >= 11 is 0. The molecule has 0 fully saturated rings. The van der Waals surface area contributed by atoms with E-state index in [1.807, 2.05) is 55.5 Å². The topological polar surface area (TPSA) is 43.4 Å². The van der Waals surface area contributed by atoms with Gasteiger partial charge in [0, 0.05) is 12.5 Å². The number of hydrogen-bond acceptors (Lipinski definition) is 3. The normalized spacial score (nSPS) is 10.1. The van der Waals surface area contributed by atoms with Crippen molar-refractivity contribution in [3.63, 3.8) is 0 Å². The van der Waals surface area contributed by atoms with Crippen LogP contribution in [0.1, 0.15) is 22.8 Å². The molecule has 0 amide bonds. The molecule has 0 N–H and O–H groups in total. The van der Waals surface area contributed by atoms with Crippen molar-refractivity contribution in [3.05, 3.63) is 59.7 Å². The Morgan fingerprint density at radius 2 is 1.75 bits per heavy atom. The van der Waals surface area contributed by atoms with Crippen molar-refractivity contribution < 1.29 is 14.3 Å². The van der Waals surface area contributed by atoms with Crippen LogP contribution in [0.15, 0.2) is 48.5 Å². The highest BCUT2D eigenvalue weighted by molar-refractivity contribution is 6.03. The summed E-state index contributed by atoms with van der Waals surface area (Å²) < 4.78 is 4.80. The molecule has 2 aromatic rings. The van der Waals surface area contributed by atoms with E-state index in [1.165, 1.54) is 6.92 Å². The third-order valence-electron chi connectivity index (χ3n) is 2.97. The predicted molar refractivity (Wildman–Crippen MR) is 77.6 cm³/mol. The maximum absolute atomic E-state index is 12.2. The lowest BCUT2D eigenvalue weighted by Crippen LogP contribution is -2.13. The average molecular weight is 268 g/mol. The number of rotatable bonds is 4. The van der Waals surface area contributed by atoms with Crippen molar-refractivity contribution in [2.45, 2.75) is 13.8 Å². The van der Waals surface area contributed by atoms with Crippen molar-refractivity contribution in [2.24, 2.45) is 0 Å². The molecule has 0 aliphatic heterocycles. The van der Waals surface area contributed by atoms with Crippen molar-refractivity contribution >= 4 is 11.8 Å². The second-order valence-electron chi connectivity index (χ2n) is 4.62. The first-order chi connectivity index (χ1) is 9.58. The van der Waals surface area contributed by atoms with Crippen LogP contribution in [-0.4, -0.2) is 18.4 Å². The summed E-state index contributed by atoms with van der Waals surface area (Å²) in [6, 6.07) is 15.4. The molecule has 20 heavy (non-hydrogen) atoms. The van der Waals surface area contributed by atoms with Gasteiger partial charge in [0.05, 0.1) is 0 Å². The highest BCUT2D eigenvalue weighted by Gasteiger charge is 2.14. The zero-order valence-electron chi connectivity index (χ0n) is 11.6. The fraction of sp³-hybridized carbons (Fsp3) is 0.176. The van der Waals surface area contributed by atoms with Gasteiger partial charge in [-0.15, -0.1) is 0 Å². The van der Waals surface area contributed by atoms with Crippen molar-refractivity contribution in [1.29, 1.82) is 0 Å². The van der Waals surface area contributed by atoms with Gasteiger partial charge in [-0.2, -0.15) is 0 Å². The lowest BCUT2D eigenvalue weighted by molar-refractivity contribution is -0.139. The van der Waals surface area contributed by atoms with Crippen LogP contribution in [0.4, 0.5) is 0 Å². The molecule has 0 aromatic heterocycles. The average Bonchev–Trinajstić information content (AvgIpc) is 2.45. The summed E-state index contributed by atoms with van der Waals surface area (Å²) in [6.45, 7) is 3.00. The molecule has 2 rings (SSSR count). The lowest BCUT2D eigenvalue weighted by atomic mass is 9.95. The molecule has 0 radical (unpaired) electrons. The molecule has 0 spiro atoms. The highest BCUT2D eigenvalue weighted by Crippen LogP contribution is 2.25. The van der Waals surface area contributed by atoms with E-state index >= 15 is 0 Å². The van der Waals surface area contributed by atoms with Gasteiger partial charge < -0.3 is 4.74 Å². The number of Topliss-reactive ketones (excluding diaryl/α,β-unsaturated/α-hetero) is 1. The van der Waals surface area contributed by atoms with Crippen molar-refractivity contribution in [2.75, 3.05) is 6.61 Å². The number of hydrogen-bond donors (Lipinski definition) is 0. The standard InChI is InChI=1S/C17H16O3/c1-12-8-9-15(14-6-4-3-5-7-14)16(10-12)17(19)11-20-13(2)18/h3-10H,11H2,1-2H3. The molecule has 102 valence electrons. The van der Waals surface area contributed by atoms with E-state index in [0.29, 0.717) is 5.56 Å². The second kappa shape index (κ2) is 6.15. The summed E-state index contributed by atoms with van der Waals surface area (Å²) in [5.41, 5.74) is 3.40. The number of esters is 1. The Balaban J connectivity index is 2.38. The van der Waals surface area contributed by atoms with Crippen LogP contribution in [-0.2, 0) is 9.53 Å². The number of aryl methyl sites for hydroxylation is 1. The van der Waals surface area contributed by atoms with Gasteiger partial charge in [0.15, 0.2) is 6.61 Å². The minimum Gasteiger partial charge on any atom is -0.457 e. The first-order valence-corrected chi connectivity index (χ1v) is 6.40. The third-order valence-corrected chi connectivity index (χ3v) is 2.97. The SMILES string of the molecule is CC(=O)OCC(=O)c1cc(C)ccc1-c1ccccc1. The number of carbonyl (C=O) groups excluding carboxylic acids is 2. The van der Waals surface area contributed by atoms with Crippen molar-refractivity contribution in [1.82, 2.24) is 0 Å². The molecule has 3 nitrogen and oxygen atoms in total. The van der Waals surface area contributed by atoms with Crippen LogP contribution >= 0.6 is 0 Å². The maximum Gasteiger partial charge on any atom is 0.303 e.